The highest BCUT2D eigenvalue weighted by Gasteiger charge is 2.25. The average Bonchev–Trinajstić information content (AvgIpc) is 3.03. The number of aryl methyl sites for hydroxylation is 5. The summed E-state index contributed by atoms with van der Waals surface area (Å²) in [5.74, 6) is -0.269. The van der Waals surface area contributed by atoms with Gasteiger partial charge >= 0.3 is 0 Å². The van der Waals surface area contributed by atoms with E-state index in [1.165, 1.54) is 9.56 Å². The number of nitrogens with zero attached hydrogens (tertiary/aromatic N) is 3. The molecule has 3 aromatic rings. The van der Waals surface area contributed by atoms with E-state index in [0.29, 0.717) is 10.2 Å². The smallest absolute Gasteiger partial charge is 0.279 e. The number of carbonyl (C=O) groups is 1. The number of anilines is 1. The second-order valence-electron chi connectivity index (χ2n) is 7.67. The lowest BCUT2D eigenvalue weighted by Crippen LogP contribution is -2.34. The van der Waals surface area contributed by atoms with Crippen molar-refractivity contribution in [2.45, 2.75) is 59.4 Å². The summed E-state index contributed by atoms with van der Waals surface area (Å²) in [5.41, 5.74) is 4.83. The van der Waals surface area contributed by atoms with Crippen molar-refractivity contribution in [2.24, 2.45) is 0 Å². The third kappa shape index (κ3) is 3.13. The van der Waals surface area contributed by atoms with Crippen LogP contribution in [0.3, 0.4) is 0 Å². The molecule has 1 aliphatic rings. The van der Waals surface area contributed by atoms with Gasteiger partial charge in [0.15, 0.2) is 4.83 Å². The van der Waals surface area contributed by atoms with Crippen molar-refractivity contribution in [1.82, 2.24) is 15.0 Å². The molecule has 4 rings (SSSR count). The maximum Gasteiger partial charge on any atom is 0.279 e. The first-order valence-electron chi connectivity index (χ1n) is 9.65. The SMILES string of the molecule is Cc1cc(C)c(NC(=O)[C@H](C)n2nnc3sc4c(c3c2=O)CCCC4)c(C)c1. The summed E-state index contributed by atoms with van der Waals surface area (Å²) in [6.07, 6.45) is 4.13. The quantitative estimate of drug-likeness (QED) is 0.729. The van der Waals surface area contributed by atoms with E-state index in [9.17, 15) is 9.59 Å². The second kappa shape index (κ2) is 7.13. The number of benzene rings is 1. The number of hydrogen-bond acceptors (Lipinski definition) is 5. The van der Waals surface area contributed by atoms with Gasteiger partial charge in [0.1, 0.15) is 6.04 Å². The molecule has 0 aliphatic heterocycles. The van der Waals surface area contributed by atoms with Crippen molar-refractivity contribution in [3.63, 3.8) is 0 Å². The first kappa shape index (κ1) is 18.8. The lowest BCUT2D eigenvalue weighted by atomic mass is 9.97. The topological polar surface area (TPSA) is 76.9 Å². The average molecular weight is 397 g/mol. The molecule has 0 radical (unpaired) electrons. The Morgan fingerprint density at radius 3 is 2.57 bits per heavy atom. The van der Waals surface area contributed by atoms with Crippen molar-refractivity contribution in [3.8, 4) is 0 Å². The summed E-state index contributed by atoms with van der Waals surface area (Å²) in [5, 5.41) is 12.0. The number of hydrogen-bond donors (Lipinski definition) is 1. The van der Waals surface area contributed by atoms with Crippen molar-refractivity contribution < 1.29 is 4.79 Å². The number of nitrogens with one attached hydrogen (secondary N) is 1. The van der Waals surface area contributed by atoms with Crippen LogP contribution in [0.5, 0.6) is 0 Å². The molecule has 28 heavy (non-hydrogen) atoms. The summed E-state index contributed by atoms with van der Waals surface area (Å²) >= 11 is 1.56. The molecule has 1 aliphatic carbocycles. The molecule has 6 nitrogen and oxygen atoms in total. The summed E-state index contributed by atoms with van der Waals surface area (Å²) in [6.45, 7) is 7.65. The molecule has 0 saturated heterocycles. The van der Waals surface area contributed by atoms with Crippen LogP contribution in [0.15, 0.2) is 16.9 Å². The van der Waals surface area contributed by atoms with Crippen LogP contribution in [0.2, 0.25) is 0 Å². The maximum atomic E-state index is 13.1. The van der Waals surface area contributed by atoms with Gasteiger partial charge in [-0.25, -0.2) is 0 Å². The predicted octanol–water partition coefficient (Wildman–Crippen LogP) is 3.86. The lowest BCUT2D eigenvalue weighted by molar-refractivity contribution is -0.119. The van der Waals surface area contributed by atoms with Gasteiger partial charge in [-0.3, -0.25) is 9.59 Å². The zero-order valence-electron chi connectivity index (χ0n) is 16.6. The molecule has 0 fully saturated rings. The standard InChI is InChI=1S/C21H24N4O2S/c1-11-9-12(2)18(13(3)10-11)22-19(26)14(4)25-21(27)17-15-7-5-6-8-16(15)28-20(17)23-24-25/h9-10,14H,5-8H2,1-4H3,(H,22,26)/t14-/m0/s1. The second-order valence-corrected chi connectivity index (χ2v) is 8.75. The van der Waals surface area contributed by atoms with E-state index in [0.717, 1.165) is 53.6 Å². The van der Waals surface area contributed by atoms with Crippen LogP contribution in [0.1, 0.15) is 52.9 Å². The van der Waals surface area contributed by atoms with Gasteiger partial charge in [-0.1, -0.05) is 22.9 Å². The summed E-state index contributed by atoms with van der Waals surface area (Å²) < 4.78 is 1.22. The van der Waals surface area contributed by atoms with Crippen LogP contribution in [0.4, 0.5) is 5.69 Å². The van der Waals surface area contributed by atoms with Gasteiger partial charge in [0.2, 0.25) is 5.91 Å². The van der Waals surface area contributed by atoms with Crippen LogP contribution >= 0.6 is 11.3 Å². The Morgan fingerprint density at radius 2 is 1.86 bits per heavy atom. The van der Waals surface area contributed by atoms with E-state index in [1.54, 1.807) is 18.3 Å². The van der Waals surface area contributed by atoms with E-state index in [1.807, 2.05) is 32.9 Å². The van der Waals surface area contributed by atoms with Crippen LogP contribution in [0.25, 0.3) is 10.2 Å². The van der Waals surface area contributed by atoms with Crippen LogP contribution in [0, 0.1) is 20.8 Å². The molecular weight excluding hydrogens is 372 g/mol. The number of carbonyl (C=O) groups excluding carboxylic acids is 1. The Balaban J connectivity index is 1.69. The minimum atomic E-state index is -0.747. The molecule has 0 bridgehead atoms. The largest absolute Gasteiger partial charge is 0.324 e. The molecule has 0 spiro atoms. The van der Waals surface area contributed by atoms with Crippen molar-refractivity contribution in [3.05, 3.63) is 49.6 Å². The Kier molecular flexibility index (Phi) is 4.79. The van der Waals surface area contributed by atoms with Gasteiger partial charge in [0.05, 0.1) is 5.39 Å². The number of rotatable bonds is 3. The zero-order valence-corrected chi connectivity index (χ0v) is 17.4. The first-order chi connectivity index (χ1) is 13.4. The Hall–Kier alpha value is -2.54. The molecule has 1 aromatic carbocycles. The van der Waals surface area contributed by atoms with E-state index >= 15 is 0 Å². The minimum absolute atomic E-state index is 0.218. The normalized spacial score (nSPS) is 14.7. The molecule has 2 aromatic heterocycles. The van der Waals surface area contributed by atoms with Gasteiger partial charge in [0.25, 0.3) is 5.56 Å². The highest BCUT2D eigenvalue weighted by Crippen LogP contribution is 2.33. The first-order valence-corrected chi connectivity index (χ1v) is 10.5. The van der Waals surface area contributed by atoms with Crippen LogP contribution in [-0.2, 0) is 17.6 Å². The van der Waals surface area contributed by atoms with Gasteiger partial charge in [0, 0.05) is 10.6 Å². The summed E-state index contributed by atoms with van der Waals surface area (Å²) in [4.78, 5) is 27.9. The van der Waals surface area contributed by atoms with E-state index in [-0.39, 0.29) is 11.5 Å². The van der Waals surface area contributed by atoms with Crippen molar-refractivity contribution in [1.29, 1.82) is 0 Å². The van der Waals surface area contributed by atoms with Crippen LogP contribution < -0.4 is 10.9 Å². The maximum absolute atomic E-state index is 13.1. The third-order valence-corrected chi connectivity index (χ3v) is 6.65. The zero-order chi connectivity index (χ0) is 20.0. The molecule has 2 heterocycles. The molecule has 0 unspecified atom stereocenters. The van der Waals surface area contributed by atoms with E-state index < -0.39 is 6.04 Å². The van der Waals surface area contributed by atoms with Gasteiger partial charge in [-0.05, 0) is 70.1 Å². The van der Waals surface area contributed by atoms with Gasteiger partial charge in [-0.15, -0.1) is 16.4 Å². The van der Waals surface area contributed by atoms with Gasteiger partial charge in [-0.2, -0.15) is 4.68 Å². The number of aromatic nitrogens is 3. The fourth-order valence-electron chi connectivity index (χ4n) is 4.06. The van der Waals surface area contributed by atoms with E-state index in [4.69, 9.17) is 0 Å². The molecular formula is C21H24N4O2S. The monoisotopic (exact) mass is 396 g/mol. The van der Waals surface area contributed by atoms with Crippen molar-refractivity contribution >= 4 is 33.1 Å². The molecule has 0 saturated carbocycles. The summed E-state index contributed by atoms with van der Waals surface area (Å²) in [6, 6.07) is 3.31. The highest BCUT2D eigenvalue weighted by atomic mass is 32.1. The predicted molar refractivity (Wildman–Crippen MR) is 112 cm³/mol. The molecule has 1 N–H and O–H groups in total. The Morgan fingerprint density at radius 1 is 1.18 bits per heavy atom. The highest BCUT2D eigenvalue weighted by molar-refractivity contribution is 7.18. The van der Waals surface area contributed by atoms with Crippen LogP contribution in [-0.4, -0.2) is 20.9 Å². The number of fused-ring (bicyclic) bond motifs is 3. The molecule has 1 atom stereocenters. The molecule has 7 heteroatoms. The van der Waals surface area contributed by atoms with Crippen molar-refractivity contribution in [2.75, 3.05) is 5.32 Å². The lowest BCUT2D eigenvalue weighted by Gasteiger charge is -2.17. The third-order valence-electron chi connectivity index (χ3n) is 5.48. The molecule has 1 amide bonds. The fourth-order valence-corrected chi connectivity index (χ4v) is 5.25. The number of amides is 1. The molecule has 146 valence electrons. The Labute approximate surface area is 167 Å². The fraction of sp³-hybridized carbons (Fsp3) is 0.429. The van der Waals surface area contributed by atoms with E-state index in [2.05, 4.69) is 15.6 Å². The summed E-state index contributed by atoms with van der Waals surface area (Å²) in [7, 11) is 0. The van der Waals surface area contributed by atoms with Gasteiger partial charge < -0.3 is 5.32 Å². The number of thiophene rings is 1. The minimum Gasteiger partial charge on any atom is -0.324 e. The Bertz CT molecular complexity index is 1120.